The fourth-order valence-electron chi connectivity index (χ4n) is 3.75. The molecular weight excluding hydrogens is 473 g/mol. The van der Waals surface area contributed by atoms with E-state index >= 15 is 0 Å². The normalized spacial score (nSPS) is 20.0. The summed E-state index contributed by atoms with van der Waals surface area (Å²) in [5.41, 5.74) is 2.48. The second kappa shape index (κ2) is 12.8. The minimum absolute atomic E-state index is 0. The molecule has 1 fully saturated rings. The third-order valence-corrected chi connectivity index (χ3v) is 5.29. The van der Waals surface area contributed by atoms with Gasteiger partial charge in [-0.05, 0) is 44.4 Å². The minimum atomic E-state index is 0. The van der Waals surface area contributed by atoms with Crippen molar-refractivity contribution in [1.29, 1.82) is 0 Å². The molecule has 2 heterocycles. The van der Waals surface area contributed by atoms with Crippen molar-refractivity contribution in [2.24, 2.45) is 4.99 Å². The molecule has 6 heteroatoms. The SMILES string of the molecule is CCNC(=NCCc1ccccn1)NC1CCN(Cc2ccccc2)C(C)C1.I. The molecule has 0 aliphatic carbocycles. The zero-order valence-corrected chi connectivity index (χ0v) is 19.9. The number of nitrogens with zero attached hydrogens (tertiary/aromatic N) is 3. The van der Waals surface area contributed by atoms with Gasteiger partial charge in [-0.3, -0.25) is 14.9 Å². The lowest BCUT2D eigenvalue weighted by Gasteiger charge is -2.38. The van der Waals surface area contributed by atoms with Crippen LogP contribution in [0.2, 0.25) is 0 Å². The van der Waals surface area contributed by atoms with Crippen molar-refractivity contribution >= 4 is 29.9 Å². The zero-order valence-electron chi connectivity index (χ0n) is 17.6. The predicted octanol–water partition coefficient (Wildman–Crippen LogP) is 3.85. The number of rotatable bonds is 7. The van der Waals surface area contributed by atoms with Crippen LogP contribution in [-0.2, 0) is 13.0 Å². The molecule has 2 aromatic rings. The molecule has 0 bridgehead atoms. The molecule has 0 saturated carbocycles. The highest BCUT2D eigenvalue weighted by atomic mass is 127. The summed E-state index contributed by atoms with van der Waals surface area (Å²) in [6.07, 6.45) is 4.98. The molecule has 1 aromatic heterocycles. The molecule has 1 aliphatic heterocycles. The van der Waals surface area contributed by atoms with Crippen molar-refractivity contribution in [2.45, 2.75) is 51.7 Å². The number of piperidine rings is 1. The number of guanidine groups is 1. The highest BCUT2D eigenvalue weighted by molar-refractivity contribution is 14.0. The number of halogens is 1. The maximum Gasteiger partial charge on any atom is 0.191 e. The summed E-state index contributed by atoms with van der Waals surface area (Å²) in [7, 11) is 0. The third kappa shape index (κ3) is 7.93. The standard InChI is InChI=1S/C23H33N5.HI/c1-3-24-23(26-15-12-21-11-7-8-14-25-21)27-22-13-16-28(19(2)17-22)18-20-9-5-4-6-10-20;/h4-11,14,19,22H,3,12-13,15-18H2,1-2H3,(H2,24,26,27);1H. The summed E-state index contributed by atoms with van der Waals surface area (Å²) in [5, 5.41) is 7.04. The van der Waals surface area contributed by atoms with Crippen LogP contribution in [0.25, 0.3) is 0 Å². The molecule has 2 atom stereocenters. The Morgan fingerprint density at radius 1 is 1.17 bits per heavy atom. The van der Waals surface area contributed by atoms with Crippen molar-refractivity contribution < 1.29 is 0 Å². The largest absolute Gasteiger partial charge is 0.357 e. The van der Waals surface area contributed by atoms with E-state index in [1.807, 2.05) is 18.3 Å². The van der Waals surface area contributed by atoms with Gasteiger partial charge in [0.25, 0.3) is 0 Å². The third-order valence-electron chi connectivity index (χ3n) is 5.29. The summed E-state index contributed by atoms with van der Waals surface area (Å²) >= 11 is 0. The summed E-state index contributed by atoms with van der Waals surface area (Å²) in [4.78, 5) is 11.7. The van der Waals surface area contributed by atoms with Gasteiger partial charge in [0.05, 0.1) is 0 Å². The van der Waals surface area contributed by atoms with Gasteiger partial charge in [0, 0.05) is 56.6 Å². The van der Waals surface area contributed by atoms with Crippen LogP contribution in [0.4, 0.5) is 0 Å². The summed E-state index contributed by atoms with van der Waals surface area (Å²) < 4.78 is 0. The predicted molar refractivity (Wildman–Crippen MR) is 132 cm³/mol. The molecule has 2 unspecified atom stereocenters. The van der Waals surface area contributed by atoms with E-state index in [2.05, 4.69) is 70.8 Å². The van der Waals surface area contributed by atoms with Gasteiger partial charge in [0.15, 0.2) is 5.96 Å². The maximum absolute atomic E-state index is 4.76. The van der Waals surface area contributed by atoms with Gasteiger partial charge in [0.1, 0.15) is 0 Å². The highest BCUT2D eigenvalue weighted by Gasteiger charge is 2.25. The van der Waals surface area contributed by atoms with Crippen LogP contribution >= 0.6 is 24.0 Å². The molecular formula is C23H34IN5. The van der Waals surface area contributed by atoms with Crippen molar-refractivity contribution in [2.75, 3.05) is 19.6 Å². The molecule has 0 amide bonds. The van der Waals surface area contributed by atoms with E-state index in [9.17, 15) is 0 Å². The van der Waals surface area contributed by atoms with Gasteiger partial charge in [-0.1, -0.05) is 36.4 Å². The van der Waals surface area contributed by atoms with Gasteiger partial charge >= 0.3 is 0 Å². The van der Waals surface area contributed by atoms with E-state index in [1.165, 1.54) is 5.56 Å². The highest BCUT2D eigenvalue weighted by Crippen LogP contribution is 2.19. The number of nitrogens with one attached hydrogen (secondary N) is 2. The monoisotopic (exact) mass is 507 g/mol. The first kappa shape index (κ1) is 23.6. The van der Waals surface area contributed by atoms with E-state index in [1.54, 1.807) is 0 Å². The quantitative estimate of drug-likeness (QED) is 0.340. The van der Waals surface area contributed by atoms with Crippen LogP contribution in [0.1, 0.15) is 37.9 Å². The topological polar surface area (TPSA) is 52.6 Å². The first-order chi connectivity index (χ1) is 13.7. The first-order valence-electron chi connectivity index (χ1n) is 10.5. The van der Waals surface area contributed by atoms with Crippen LogP contribution in [0.15, 0.2) is 59.7 Å². The van der Waals surface area contributed by atoms with Crippen molar-refractivity contribution in [1.82, 2.24) is 20.5 Å². The number of aromatic nitrogens is 1. The molecule has 29 heavy (non-hydrogen) atoms. The fourth-order valence-corrected chi connectivity index (χ4v) is 3.75. The van der Waals surface area contributed by atoms with E-state index < -0.39 is 0 Å². The molecule has 5 nitrogen and oxygen atoms in total. The van der Waals surface area contributed by atoms with Crippen LogP contribution in [-0.4, -0.2) is 47.6 Å². The van der Waals surface area contributed by atoms with E-state index in [-0.39, 0.29) is 24.0 Å². The van der Waals surface area contributed by atoms with Crippen LogP contribution < -0.4 is 10.6 Å². The number of hydrogen-bond acceptors (Lipinski definition) is 3. The molecule has 2 N–H and O–H groups in total. The minimum Gasteiger partial charge on any atom is -0.357 e. The van der Waals surface area contributed by atoms with Crippen molar-refractivity contribution in [3.63, 3.8) is 0 Å². The number of likely N-dealkylation sites (tertiary alicyclic amines) is 1. The Balaban J connectivity index is 0.00000300. The van der Waals surface area contributed by atoms with Crippen LogP contribution in [0.3, 0.4) is 0 Å². The lowest BCUT2D eigenvalue weighted by Crippen LogP contribution is -2.51. The van der Waals surface area contributed by atoms with E-state index in [0.29, 0.717) is 12.1 Å². The average Bonchev–Trinajstić information content (AvgIpc) is 2.72. The smallest absolute Gasteiger partial charge is 0.191 e. The number of hydrogen-bond donors (Lipinski definition) is 2. The van der Waals surface area contributed by atoms with Gasteiger partial charge in [-0.15, -0.1) is 24.0 Å². The summed E-state index contributed by atoms with van der Waals surface area (Å²) in [5.74, 6) is 0.923. The Morgan fingerprint density at radius 3 is 2.66 bits per heavy atom. The molecule has 0 radical (unpaired) electrons. The molecule has 158 valence electrons. The van der Waals surface area contributed by atoms with E-state index in [0.717, 1.165) is 57.1 Å². The second-order valence-corrected chi connectivity index (χ2v) is 7.50. The van der Waals surface area contributed by atoms with Crippen LogP contribution in [0.5, 0.6) is 0 Å². The molecule has 1 saturated heterocycles. The van der Waals surface area contributed by atoms with E-state index in [4.69, 9.17) is 4.99 Å². The number of aliphatic imine (C=N–C) groups is 1. The lowest BCUT2D eigenvalue weighted by molar-refractivity contribution is 0.134. The van der Waals surface area contributed by atoms with Gasteiger partial charge < -0.3 is 10.6 Å². The Bertz CT molecular complexity index is 723. The van der Waals surface area contributed by atoms with Gasteiger partial charge in [0.2, 0.25) is 0 Å². The zero-order chi connectivity index (χ0) is 19.6. The molecule has 1 aromatic carbocycles. The fraction of sp³-hybridized carbons (Fsp3) is 0.478. The number of pyridine rings is 1. The Morgan fingerprint density at radius 2 is 1.97 bits per heavy atom. The average molecular weight is 507 g/mol. The van der Waals surface area contributed by atoms with Gasteiger partial charge in [-0.2, -0.15) is 0 Å². The lowest BCUT2D eigenvalue weighted by atomic mass is 9.97. The summed E-state index contributed by atoms with van der Waals surface area (Å²) in [6, 6.07) is 17.8. The van der Waals surface area contributed by atoms with Gasteiger partial charge in [-0.25, -0.2) is 0 Å². The van der Waals surface area contributed by atoms with Crippen molar-refractivity contribution in [3.05, 3.63) is 66.0 Å². The Labute approximate surface area is 192 Å². The summed E-state index contributed by atoms with van der Waals surface area (Å²) in [6.45, 7) is 8.21. The second-order valence-electron chi connectivity index (χ2n) is 7.50. The number of benzene rings is 1. The maximum atomic E-state index is 4.76. The first-order valence-corrected chi connectivity index (χ1v) is 10.5. The molecule has 0 spiro atoms. The van der Waals surface area contributed by atoms with Crippen LogP contribution in [0, 0.1) is 0 Å². The molecule has 1 aliphatic rings. The Hall–Kier alpha value is -1.67. The molecule has 3 rings (SSSR count). The van der Waals surface area contributed by atoms with Crippen molar-refractivity contribution in [3.8, 4) is 0 Å². The Kier molecular flexibility index (Phi) is 10.4.